The van der Waals surface area contributed by atoms with E-state index in [0.29, 0.717) is 18.7 Å². The van der Waals surface area contributed by atoms with Gasteiger partial charge in [0, 0.05) is 57.0 Å². The lowest BCUT2D eigenvalue weighted by atomic mass is 10.1. The van der Waals surface area contributed by atoms with Crippen LogP contribution in [-0.2, 0) is 16.1 Å². The molecule has 7 heteroatoms. The largest absolute Gasteiger partial charge is 0.381 e. The number of hydrogen-bond acceptors (Lipinski definition) is 7. The number of nitrogens with zero attached hydrogens (tertiary/aromatic N) is 3. The summed E-state index contributed by atoms with van der Waals surface area (Å²) in [5.41, 5.74) is 0. The fourth-order valence-electron chi connectivity index (χ4n) is 2.96. The maximum Gasteiger partial charge on any atom is 0.202 e. The van der Waals surface area contributed by atoms with Crippen LogP contribution >= 0.6 is 11.5 Å². The Labute approximate surface area is 123 Å². The molecular weight excluding hydrogens is 276 g/mol. The van der Waals surface area contributed by atoms with Crippen LogP contribution in [0.25, 0.3) is 0 Å². The number of hydrogen-bond donors (Lipinski definition) is 1. The average Bonchev–Trinajstić information content (AvgIpc) is 3.11. The van der Waals surface area contributed by atoms with Crippen molar-refractivity contribution in [1.29, 1.82) is 0 Å². The first-order valence-corrected chi connectivity index (χ1v) is 8.02. The van der Waals surface area contributed by atoms with Crippen LogP contribution in [-0.4, -0.2) is 59.8 Å². The van der Waals surface area contributed by atoms with Gasteiger partial charge in [-0.2, -0.15) is 4.37 Å². The molecule has 0 bridgehead atoms. The van der Waals surface area contributed by atoms with E-state index in [1.807, 2.05) is 0 Å². The quantitative estimate of drug-likeness (QED) is 0.885. The van der Waals surface area contributed by atoms with E-state index in [4.69, 9.17) is 9.47 Å². The molecule has 3 heterocycles. The normalized spacial score (nSPS) is 25.1. The number of methoxy groups -OCH3 is 1. The van der Waals surface area contributed by atoms with Gasteiger partial charge < -0.3 is 14.8 Å². The lowest BCUT2D eigenvalue weighted by Crippen LogP contribution is -2.39. The van der Waals surface area contributed by atoms with Gasteiger partial charge in [-0.15, -0.1) is 0 Å². The molecule has 0 saturated carbocycles. The Hall–Kier alpha value is -0.760. The Balaban J connectivity index is 1.49. The molecule has 0 aromatic carbocycles. The van der Waals surface area contributed by atoms with Crippen LogP contribution in [0.4, 0.5) is 5.13 Å². The Morgan fingerprint density at radius 1 is 1.40 bits per heavy atom. The summed E-state index contributed by atoms with van der Waals surface area (Å²) >= 11 is 1.42. The van der Waals surface area contributed by atoms with Gasteiger partial charge in [0.2, 0.25) is 5.13 Å². The van der Waals surface area contributed by atoms with Gasteiger partial charge in [-0.3, -0.25) is 4.90 Å². The van der Waals surface area contributed by atoms with Crippen molar-refractivity contribution in [2.75, 3.05) is 38.7 Å². The second kappa shape index (κ2) is 6.80. The number of rotatable bonds is 5. The first-order chi connectivity index (χ1) is 9.85. The van der Waals surface area contributed by atoms with Crippen molar-refractivity contribution in [1.82, 2.24) is 14.3 Å². The molecule has 1 N–H and O–H groups in total. The van der Waals surface area contributed by atoms with E-state index < -0.39 is 0 Å². The molecule has 20 heavy (non-hydrogen) atoms. The van der Waals surface area contributed by atoms with E-state index in [1.54, 1.807) is 7.11 Å². The molecule has 1 unspecified atom stereocenters. The van der Waals surface area contributed by atoms with E-state index in [9.17, 15) is 0 Å². The van der Waals surface area contributed by atoms with Crippen molar-refractivity contribution >= 4 is 16.7 Å². The summed E-state index contributed by atoms with van der Waals surface area (Å²) in [5.74, 6) is 0.763. The highest BCUT2D eigenvalue weighted by molar-refractivity contribution is 7.09. The Morgan fingerprint density at radius 2 is 2.25 bits per heavy atom. The van der Waals surface area contributed by atoms with Crippen LogP contribution in [0.1, 0.15) is 25.1 Å². The van der Waals surface area contributed by atoms with Crippen LogP contribution in [0.15, 0.2) is 0 Å². The fraction of sp³-hybridized carbons (Fsp3) is 0.846. The maximum absolute atomic E-state index is 5.44. The molecule has 6 nitrogen and oxygen atoms in total. The van der Waals surface area contributed by atoms with Gasteiger partial charge in [0.05, 0.1) is 0 Å². The lowest BCUT2D eigenvalue weighted by molar-refractivity contribution is 0.0421. The van der Waals surface area contributed by atoms with Crippen molar-refractivity contribution in [2.45, 2.75) is 38.0 Å². The van der Waals surface area contributed by atoms with Crippen molar-refractivity contribution in [2.24, 2.45) is 0 Å². The second-order valence-corrected chi connectivity index (χ2v) is 6.17. The number of nitrogens with one attached hydrogen (secondary N) is 1. The molecule has 2 fully saturated rings. The molecule has 2 aliphatic rings. The predicted molar refractivity (Wildman–Crippen MR) is 78.1 cm³/mol. The lowest BCUT2D eigenvalue weighted by Gasteiger charge is -2.31. The van der Waals surface area contributed by atoms with Crippen molar-refractivity contribution in [3.05, 3.63) is 5.82 Å². The zero-order chi connectivity index (χ0) is 13.8. The third-order valence-electron chi connectivity index (χ3n) is 4.00. The zero-order valence-corrected chi connectivity index (χ0v) is 12.7. The van der Waals surface area contributed by atoms with E-state index in [1.165, 1.54) is 37.3 Å². The van der Waals surface area contributed by atoms with Crippen molar-refractivity contribution in [3.8, 4) is 0 Å². The summed E-state index contributed by atoms with van der Waals surface area (Å²) in [6.07, 6.45) is 3.52. The first kappa shape index (κ1) is 14.2. The van der Waals surface area contributed by atoms with Crippen LogP contribution in [0.3, 0.4) is 0 Å². The minimum atomic E-state index is 0.483. The predicted octanol–water partition coefficient (Wildman–Crippen LogP) is 1.35. The van der Waals surface area contributed by atoms with E-state index in [0.717, 1.165) is 30.7 Å². The number of anilines is 1. The van der Waals surface area contributed by atoms with Crippen molar-refractivity contribution < 1.29 is 9.47 Å². The van der Waals surface area contributed by atoms with Crippen LogP contribution < -0.4 is 5.32 Å². The standard InChI is InChI=1S/C13H22N4O2S/c1-18-9-12-15-13(20-16-12)14-10-2-5-17(8-10)11-3-6-19-7-4-11/h10-11H,2-9H2,1H3,(H,14,15,16). The minimum absolute atomic E-state index is 0.483. The highest BCUT2D eigenvalue weighted by Gasteiger charge is 2.29. The van der Waals surface area contributed by atoms with Crippen LogP contribution in [0.5, 0.6) is 0 Å². The molecule has 0 spiro atoms. The molecule has 1 aromatic heterocycles. The third-order valence-corrected chi connectivity index (χ3v) is 4.68. The third kappa shape index (κ3) is 3.46. The van der Waals surface area contributed by atoms with Gasteiger partial charge in [0.15, 0.2) is 5.82 Å². The number of likely N-dealkylation sites (tertiary alicyclic amines) is 1. The van der Waals surface area contributed by atoms with Gasteiger partial charge in [-0.05, 0) is 19.3 Å². The highest BCUT2D eigenvalue weighted by Crippen LogP contribution is 2.23. The Bertz CT molecular complexity index is 422. The zero-order valence-electron chi connectivity index (χ0n) is 11.9. The number of ether oxygens (including phenoxy) is 2. The summed E-state index contributed by atoms with van der Waals surface area (Å²) < 4.78 is 14.7. The van der Waals surface area contributed by atoms with E-state index >= 15 is 0 Å². The first-order valence-electron chi connectivity index (χ1n) is 7.25. The van der Waals surface area contributed by atoms with Crippen molar-refractivity contribution in [3.63, 3.8) is 0 Å². The summed E-state index contributed by atoms with van der Waals surface area (Å²) in [6, 6.07) is 1.19. The smallest absolute Gasteiger partial charge is 0.202 e. The average molecular weight is 298 g/mol. The maximum atomic E-state index is 5.44. The van der Waals surface area contributed by atoms with Gasteiger partial charge in [0.25, 0.3) is 0 Å². The van der Waals surface area contributed by atoms with E-state index in [-0.39, 0.29) is 0 Å². The van der Waals surface area contributed by atoms with Gasteiger partial charge in [0.1, 0.15) is 6.61 Å². The SMILES string of the molecule is COCc1nsc(NC2CCN(C3CCOCC3)C2)n1. The Kier molecular flexibility index (Phi) is 4.82. The summed E-state index contributed by atoms with van der Waals surface area (Å²) in [6.45, 7) is 4.58. The fourth-order valence-corrected chi connectivity index (χ4v) is 3.61. The topological polar surface area (TPSA) is 59.5 Å². The molecule has 2 saturated heterocycles. The summed E-state index contributed by atoms with van der Waals surface area (Å²) in [7, 11) is 1.66. The summed E-state index contributed by atoms with van der Waals surface area (Å²) in [5, 5.41) is 4.42. The molecule has 1 aromatic rings. The molecule has 112 valence electrons. The molecule has 0 radical (unpaired) electrons. The molecule has 0 amide bonds. The molecule has 2 aliphatic heterocycles. The van der Waals surface area contributed by atoms with Crippen LogP contribution in [0, 0.1) is 0 Å². The monoisotopic (exact) mass is 298 g/mol. The molecular formula is C13H22N4O2S. The molecule has 1 atom stereocenters. The van der Waals surface area contributed by atoms with E-state index in [2.05, 4.69) is 19.6 Å². The minimum Gasteiger partial charge on any atom is -0.381 e. The van der Waals surface area contributed by atoms with Crippen LogP contribution in [0.2, 0.25) is 0 Å². The Morgan fingerprint density at radius 3 is 3.05 bits per heavy atom. The van der Waals surface area contributed by atoms with Gasteiger partial charge in [-0.1, -0.05) is 0 Å². The number of aromatic nitrogens is 2. The van der Waals surface area contributed by atoms with Gasteiger partial charge in [-0.25, -0.2) is 4.98 Å². The highest BCUT2D eigenvalue weighted by atomic mass is 32.1. The summed E-state index contributed by atoms with van der Waals surface area (Å²) in [4.78, 5) is 7.03. The molecule has 0 aliphatic carbocycles. The molecule has 3 rings (SSSR count). The van der Waals surface area contributed by atoms with Gasteiger partial charge >= 0.3 is 0 Å². The second-order valence-electron chi connectivity index (χ2n) is 5.42.